The number of aryl methyl sites for hydroxylation is 1. The Morgan fingerprint density at radius 3 is 2.15 bits per heavy atom. The summed E-state index contributed by atoms with van der Waals surface area (Å²) in [6.07, 6.45) is 2.00. The highest BCUT2D eigenvalue weighted by molar-refractivity contribution is 6.34. The Hall–Kier alpha value is -2.55. The van der Waals surface area contributed by atoms with Crippen molar-refractivity contribution in [2.24, 2.45) is 0 Å². The first-order valence-corrected chi connectivity index (χ1v) is 9.17. The average molecular weight is 349 g/mol. The highest BCUT2D eigenvalue weighted by Crippen LogP contribution is 2.38. The van der Waals surface area contributed by atoms with Gasteiger partial charge in [0.1, 0.15) is 5.75 Å². The van der Waals surface area contributed by atoms with Gasteiger partial charge >= 0.3 is 0 Å². The third kappa shape index (κ3) is 3.26. The molecule has 3 rings (SSSR count). The number of ether oxygens (including phenoxy) is 1. The van der Waals surface area contributed by atoms with Crippen molar-refractivity contribution in [1.29, 1.82) is 0 Å². The van der Waals surface area contributed by atoms with Gasteiger partial charge in [0, 0.05) is 16.8 Å². The summed E-state index contributed by atoms with van der Waals surface area (Å²) in [4.78, 5) is 12.5. The van der Waals surface area contributed by atoms with Crippen molar-refractivity contribution in [1.82, 2.24) is 0 Å². The lowest BCUT2D eigenvalue weighted by molar-refractivity contribution is -0.110. The summed E-state index contributed by atoms with van der Waals surface area (Å²) >= 11 is 0. The van der Waals surface area contributed by atoms with Gasteiger partial charge in [-0.1, -0.05) is 39.3 Å². The van der Waals surface area contributed by atoms with Crippen LogP contribution >= 0.6 is 0 Å². The van der Waals surface area contributed by atoms with E-state index in [1.165, 1.54) is 11.1 Å². The average Bonchev–Trinajstić information content (AvgIpc) is 2.89. The molecule has 3 heteroatoms. The van der Waals surface area contributed by atoms with Gasteiger partial charge in [0.25, 0.3) is 5.91 Å². The number of nitrogens with one attached hydrogen (secondary N) is 1. The molecule has 26 heavy (non-hydrogen) atoms. The maximum absolute atomic E-state index is 12.5. The van der Waals surface area contributed by atoms with E-state index in [1.54, 1.807) is 7.11 Å². The molecule has 1 heterocycles. The monoisotopic (exact) mass is 349 g/mol. The minimum absolute atomic E-state index is 0.0430. The zero-order valence-corrected chi connectivity index (χ0v) is 16.4. The highest BCUT2D eigenvalue weighted by atomic mass is 16.5. The summed E-state index contributed by atoms with van der Waals surface area (Å²) in [6, 6.07) is 10.3. The van der Waals surface area contributed by atoms with Gasteiger partial charge in [-0.2, -0.15) is 0 Å². The number of hydrogen-bond donors (Lipinski definition) is 1. The predicted octanol–water partition coefficient (Wildman–Crippen LogP) is 5.74. The second-order valence-corrected chi connectivity index (χ2v) is 7.60. The summed E-state index contributed by atoms with van der Waals surface area (Å²) in [7, 11) is 1.73. The van der Waals surface area contributed by atoms with Gasteiger partial charge in [-0.25, -0.2) is 0 Å². The zero-order valence-electron chi connectivity index (χ0n) is 16.4. The Bertz CT molecular complexity index is 862. The quantitative estimate of drug-likeness (QED) is 0.714. The molecule has 0 radical (unpaired) electrons. The summed E-state index contributed by atoms with van der Waals surface area (Å²) in [5.41, 5.74) is 7.11. The molecular formula is C23H27NO2. The van der Waals surface area contributed by atoms with Gasteiger partial charge in [0.2, 0.25) is 0 Å². The van der Waals surface area contributed by atoms with Crippen molar-refractivity contribution in [3.8, 4) is 5.75 Å². The fourth-order valence-corrected chi connectivity index (χ4v) is 3.49. The maximum Gasteiger partial charge on any atom is 0.256 e. The predicted molar refractivity (Wildman–Crippen MR) is 109 cm³/mol. The number of carbonyl (C=O) groups is 1. The molecular weight excluding hydrogens is 322 g/mol. The first kappa shape index (κ1) is 18.2. The van der Waals surface area contributed by atoms with Crippen LogP contribution < -0.4 is 10.1 Å². The molecule has 0 spiro atoms. The molecule has 0 aliphatic carbocycles. The van der Waals surface area contributed by atoms with Crippen LogP contribution in [0.15, 0.2) is 30.3 Å². The molecule has 0 atom stereocenters. The number of amides is 1. The third-order valence-electron chi connectivity index (χ3n) is 4.89. The van der Waals surface area contributed by atoms with Gasteiger partial charge < -0.3 is 10.1 Å². The van der Waals surface area contributed by atoms with Crippen LogP contribution in [0.4, 0.5) is 5.69 Å². The van der Waals surface area contributed by atoms with Crippen LogP contribution in [0.3, 0.4) is 0 Å². The van der Waals surface area contributed by atoms with Crippen LogP contribution in [0.2, 0.25) is 0 Å². The molecule has 0 aromatic heterocycles. The molecule has 1 aliphatic heterocycles. The van der Waals surface area contributed by atoms with E-state index >= 15 is 0 Å². The van der Waals surface area contributed by atoms with E-state index in [9.17, 15) is 4.79 Å². The van der Waals surface area contributed by atoms with Gasteiger partial charge in [-0.05, 0) is 65.8 Å². The fourth-order valence-electron chi connectivity index (χ4n) is 3.49. The lowest BCUT2D eigenvalue weighted by atomic mass is 9.90. The largest absolute Gasteiger partial charge is 0.496 e. The third-order valence-corrected chi connectivity index (χ3v) is 4.89. The number of carbonyl (C=O) groups excluding carboxylic acids is 1. The molecule has 3 nitrogen and oxygen atoms in total. The summed E-state index contributed by atoms with van der Waals surface area (Å²) in [5.74, 6) is 1.60. The smallest absolute Gasteiger partial charge is 0.256 e. The Morgan fingerprint density at radius 2 is 1.62 bits per heavy atom. The standard InChI is InChI=1S/C23H27NO2/c1-13(2)17-10-16(11-18(14(3)4)22(17)26-6)12-20-19-9-15(5)7-8-21(19)24-23(20)25/h7-14H,1-6H3,(H,24,25)/b20-12+. The highest BCUT2D eigenvalue weighted by Gasteiger charge is 2.24. The molecule has 0 fully saturated rings. The topological polar surface area (TPSA) is 38.3 Å². The van der Waals surface area contributed by atoms with Crippen LogP contribution in [-0.2, 0) is 4.79 Å². The first-order chi connectivity index (χ1) is 12.3. The molecule has 2 aromatic carbocycles. The molecule has 0 unspecified atom stereocenters. The number of fused-ring (bicyclic) bond motifs is 1. The Morgan fingerprint density at radius 1 is 1.00 bits per heavy atom. The number of methoxy groups -OCH3 is 1. The van der Waals surface area contributed by atoms with Crippen LogP contribution in [0.25, 0.3) is 11.6 Å². The summed E-state index contributed by atoms with van der Waals surface area (Å²) < 4.78 is 5.72. The molecule has 0 bridgehead atoms. The van der Waals surface area contributed by atoms with E-state index in [-0.39, 0.29) is 5.91 Å². The van der Waals surface area contributed by atoms with Crippen molar-refractivity contribution in [2.75, 3.05) is 12.4 Å². The summed E-state index contributed by atoms with van der Waals surface area (Å²) in [6.45, 7) is 10.7. The Balaban J connectivity index is 2.18. The second kappa shape index (κ2) is 6.99. The van der Waals surface area contributed by atoms with Gasteiger partial charge in [-0.3, -0.25) is 4.79 Å². The van der Waals surface area contributed by atoms with E-state index in [2.05, 4.69) is 51.2 Å². The lowest BCUT2D eigenvalue weighted by Crippen LogP contribution is -2.04. The van der Waals surface area contributed by atoms with Crippen molar-refractivity contribution in [3.63, 3.8) is 0 Å². The van der Waals surface area contributed by atoms with Crippen molar-refractivity contribution in [3.05, 3.63) is 58.1 Å². The van der Waals surface area contributed by atoms with Gasteiger partial charge in [-0.15, -0.1) is 0 Å². The van der Waals surface area contributed by atoms with Crippen LogP contribution in [0, 0.1) is 6.92 Å². The summed E-state index contributed by atoms with van der Waals surface area (Å²) in [5, 5.41) is 2.96. The van der Waals surface area contributed by atoms with E-state index in [4.69, 9.17) is 4.74 Å². The molecule has 0 saturated heterocycles. The van der Waals surface area contributed by atoms with E-state index < -0.39 is 0 Å². The minimum atomic E-state index is -0.0430. The molecule has 2 aromatic rings. The van der Waals surface area contributed by atoms with E-state index in [0.717, 1.165) is 33.7 Å². The normalized spacial score (nSPS) is 14.9. The Kier molecular flexibility index (Phi) is 4.90. The SMILES string of the molecule is COc1c(C(C)C)cc(/C=C2/C(=O)Nc3ccc(C)cc32)cc1C(C)C. The van der Waals surface area contributed by atoms with Crippen LogP contribution in [-0.4, -0.2) is 13.0 Å². The van der Waals surface area contributed by atoms with Gasteiger partial charge in [0.05, 0.1) is 7.11 Å². The molecule has 1 aliphatic rings. The van der Waals surface area contributed by atoms with E-state index in [1.807, 2.05) is 25.1 Å². The van der Waals surface area contributed by atoms with Gasteiger partial charge in [0.15, 0.2) is 0 Å². The fraction of sp³-hybridized carbons (Fsp3) is 0.348. The van der Waals surface area contributed by atoms with Crippen LogP contribution in [0.1, 0.15) is 67.3 Å². The number of anilines is 1. The molecule has 1 N–H and O–H groups in total. The molecule has 0 saturated carbocycles. The lowest BCUT2D eigenvalue weighted by Gasteiger charge is -2.19. The van der Waals surface area contributed by atoms with Crippen molar-refractivity contribution < 1.29 is 9.53 Å². The number of rotatable bonds is 4. The number of benzene rings is 2. The first-order valence-electron chi connectivity index (χ1n) is 9.17. The van der Waals surface area contributed by atoms with E-state index in [0.29, 0.717) is 11.8 Å². The van der Waals surface area contributed by atoms with Crippen molar-refractivity contribution in [2.45, 2.75) is 46.5 Å². The van der Waals surface area contributed by atoms with Crippen LogP contribution in [0.5, 0.6) is 5.75 Å². The minimum Gasteiger partial charge on any atom is -0.496 e. The molecule has 1 amide bonds. The maximum atomic E-state index is 12.5. The zero-order chi connectivity index (χ0) is 19.0. The molecule has 136 valence electrons. The Labute approximate surface area is 156 Å². The number of hydrogen-bond acceptors (Lipinski definition) is 2. The second-order valence-electron chi connectivity index (χ2n) is 7.60. The van der Waals surface area contributed by atoms with Crippen molar-refractivity contribution >= 4 is 23.2 Å².